The van der Waals surface area contributed by atoms with E-state index < -0.39 is 23.5 Å². The number of Topliss-reactive ketones (excluding diaryl/α,β-unsaturated/α-hetero) is 1. The van der Waals surface area contributed by atoms with Crippen LogP contribution in [0.4, 0.5) is 4.39 Å². The van der Waals surface area contributed by atoms with Crippen LogP contribution in [-0.2, 0) is 9.59 Å². The minimum Gasteiger partial charge on any atom is -0.507 e. The number of halogens is 1. The zero-order valence-electron chi connectivity index (χ0n) is 15.9. The van der Waals surface area contributed by atoms with Gasteiger partial charge in [-0.3, -0.25) is 9.59 Å². The standard InChI is InChI=1S/C21H23FN2O3S/c1-3-23(4-2)11-12-24-18(16-6-5-13-28-16)17(20(26)21(24)27)19(25)14-7-9-15(22)10-8-14/h5-10,13,18,25H,3-4,11-12H2,1-2H3/p+1/t18-/m1/s1. The first-order valence-electron chi connectivity index (χ1n) is 9.39. The molecular formula is C21H24FN2O3S+. The van der Waals surface area contributed by atoms with Crippen molar-refractivity contribution < 1.29 is 24.0 Å². The van der Waals surface area contributed by atoms with Crippen molar-refractivity contribution in [2.75, 3.05) is 26.2 Å². The number of carbonyl (C=O) groups is 2. The van der Waals surface area contributed by atoms with Gasteiger partial charge in [0.2, 0.25) is 0 Å². The van der Waals surface area contributed by atoms with Crippen molar-refractivity contribution >= 4 is 28.8 Å². The molecule has 1 aromatic heterocycles. The maximum Gasteiger partial charge on any atom is 0.295 e. The third-order valence-corrected chi connectivity index (χ3v) is 6.10. The molecule has 1 aliphatic heterocycles. The summed E-state index contributed by atoms with van der Waals surface area (Å²) in [5.41, 5.74) is 0.379. The molecule has 0 unspecified atom stereocenters. The maximum atomic E-state index is 13.2. The number of thiophene rings is 1. The lowest BCUT2D eigenvalue weighted by molar-refractivity contribution is -0.895. The number of nitrogens with one attached hydrogen (secondary N) is 1. The number of hydrogen-bond donors (Lipinski definition) is 2. The summed E-state index contributed by atoms with van der Waals surface area (Å²) in [6, 6.07) is 8.33. The second-order valence-electron chi connectivity index (χ2n) is 6.72. The van der Waals surface area contributed by atoms with Crippen LogP contribution in [0.2, 0.25) is 0 Å². The smallest absolute Gasteiger partial charge is 0.295 e. The molecule has 0 aliphatic carbocycles. The number of aliphatic hydroxyl groups excluding tert-OH is 1. The van der Waals surface area contributed by atoms with E-state index in [4.69, 9.17) is 0 Å². The monoisotopic (exact) mass is 403 g/mol. The second kappa shape index (κ2) is 8.67. The van der Waals surface area contributed by atoms with Gasteiger partial charge in [0, 0.05) is 10.4 Å². The molecule has 7 heteroatoms. The van der Waals surface area contributed by atoms with Crippen LogP contribution < -0.4 is 4.90 Å². The fourth-order valence-corrected chi connectivity index (χ4v) is 4.34. The van der Waals surface area contributed by atoms with Crippen LogP contribution in [0.15, 0.2) is 47.4 Å². The topological polar surface area (TPSA) is 62.0 Å². The summed E-state index contributed by atoms with van der Waals surface area (Å²) in [5.74, 6) is -2.01. The van der Waals surface area contributed by atoms with E-state index in [-0.39, 0.29) is 11.3 Å². The minimum atomic E-state index is -0.699. The van der Waals surface area contributed by atoms with Crippen LogP contribution in [0.5, 0.6) is 0 Å². The minimum absolute atomic E-state index is 0.0635. The number of likely N-dealkylation sites (tertiary alicyclic amines) is 1. The first kappa shape index (κ1) is 20.2. The number of carbonyl (C=O) groups excluding carboxylic acids is 2. The molecule has 2 heterocycles. The Bertz CT molecular complexity index is 874. The Morgan fingerprint density at radius 3 is 2.43 bits per heavy atom. The van der Waals surface area contributed by atoms with E-state index in [2.05, 4.69) is 13.8 Å². The van der Waals surface area contributed by atoms with E-state index in [1.165, 1.54) is 40.5 Å². The number of ketones is 1. The van der Waals surface area contributed by atoms with Gasteiger partial charge in [0.1, 0.15) is 11.6 Å². The summed E-state index contributed by atoms with van der Waals surface area (Å²) in [6.45, 7) is 7.17. The van der Waals surface area contributed by atoms with Gasteiger partial charge in [-0.1, -0.05) is 6.07 Å². The summed E-state index contributed by atoms with van der Waals surface area (Å²) >= 11 is 1.43. The van der Waals surface area contributed by atoms with Gasteiger partial charge in [0.25, 0.3) is 11.7 Å². The lowest BCUT2D eigenvalue weighted by Crippen LogP contribution is -3.12. The number of likely N-dealkylation sites (N-methyl/N-ethyl adjacent to an activating group) is 1. The van der Waals surface area contributed by atoms with Crippen molar-refractivity contribution in [2.45, 2.75) is 19.9 Å². The average Bonchev–Trinajstić information content (AvgIpc) is 3.31. The second-order valence-corrected chi connectivity index (χ2v) is 7.70. The van der Waals surface area contributed by atoms with E-state index in [1.807, 2.05) is 17.5 Å². The molecule has 2 N–H and O–H groups in total. The van der Waals surface area contributed by atoms with Gasteiger partial charge in [-0.2, -0.15) is 0 Å². The normalized spacial score (nSPS) is 19.0. The highest BCUT2D eigenvalue weighted by Gasteiger charge is 2.46. The molecule has 1 saturated heterocycles. The number of aliphatic hydroxyl groups is 1. The number of nitrogens with zero attached hydrogens (tertiary/aromatic N) is 1. The van der Waals surface area contributed by atoms with Crippen LogP contribution in [-0.4, -0.2) is 47.9 Å². The van der Waals surface area contributed by atoms with E-state index in [0.29, 0.717) is 12.1 Å². The number of benzene rings is 1. The van der Waals surface area contributed by atoms with Gasteiger partial charge < -0.3 is 14.9 Å². The molecule has 1 fully saturated rings. The molecule has 0 bridgehead atoms. The lowest BCUT2D eigenvalue weighted by Gasteiger charge is -2.25. The van der Waals surface area contributed by atoms with Crippen LogP contribution in [0.25, 0.3) is 5.76 Å². The molecular weight excluding hydrogens is 379 g/mol. The van der Waals surface area contributed by atoms with Gasteiger partial charge in [-0.15, -0.1) is 11.3 Å². The zero-order chi connectivity index (χ0) is 20.3. The average molecular weight is 403 g/mol. The van der Waals surface area contributed by atoms with Crippen molar-refractivity contribution in [1.29, 1.82) is 0 Å². The molecule has 1 atom stereocenters. The largest absolute Gasteiger partial charge is 0.507 e. The number of hydrogen-bond acceptors (Lipinski definition) is 4. The fraction of sp³-hybridized carbons (Fsp3) is 0.333. The van der Waals surface area contributed by atoms with E-state index >= 15 is 0 Å². The Labute approximate surface area is 167 Å². The SMILES string of the molecule is CC[NH+](CC)CCN1C(=O)C(=O)C(=C(O)c2ccc(F)cc2)[C@H]1c1cccs1. The van der Waals surface area contributed by atoms with E-state index in [0.717, 1.165) is 24.5 Å². The highest BCUT2D eigenvalue weighted by molar-refractivity contribution is 7.10. The molecule has 0 radical (unpaired) electrons. The van der Waals surface area contributed by atoms with Crippen LogP contribution in [0.3, 0.4) is 0 Å². The van der Waals surface area contributed by atoms with E-state index in [9.17, 15) is 19.1 Å². The Balaban J connectivity index is 2.03. The Morgan fingerprint density at radius 2 is 1.86 bits per heavy atom. The quantitative estimate of drug-likeness (QED) is 0.423. The first-order valence-corrected chi connectivity index (χ1v) is 10.3. The molecule has 1 aromatic carbocycles. The molecule has 1 amide bonds. The van der Waals surface area contributed by atoms with Crippen molar-refractivity contribution in [1.82, 2.24) is 4.90 Å². The fourth-order valence-electron chi connectivity index (χ4n) is 3.50. The van der Waals surface area contributed by atoms with Gasteiger partial charge in [-0.25, -0.2) is 4.39 Å². The van der Waals surface area contributed by atoms with Gasteiger partial charge in [0.05, 0.1) is 37.8 Å². The highest BCUT2D eigenvalue weighted by Crippen LogP contribution is 2.40. The molecule has 3 rings (SSSR count). The molecule has 0 spiro atoms. The summed E-state index contributed by atoms with van der Waals surface area (Å²) < 4.78 is 13.2. The van der Waals surface area contributed by atoms with Gasteiger partial charge in [0.15, 0.2) is 0 Å². The molecule has 148 valence electrons. The molecule has 1 aliphatic rings. The van der Waals surface area contributed by atoms with Crippen molar-refractivity contribution in [2.24, 2.45) is 0 Å². The van der Waals surface area contributed by atoms with Crippen LogP contribution >= 0.6 is 11.3 Å². The predicted molar refractivity (Wildman–Crippen MR) is 107 cm³/mol. The third-order valence-electron chi connectivity index (χ3n) is 5.18. The maximum absolute atomic E-state index is 13.2. The molecule has 2 aromatic rings. The lowest BCUT2D eigenvalue weighted by atomic mass is 10.00. The Hall–Kier alpha value is -2.51. The molecule has 0 saturated carbocycles. The van der Waals surface area contributed by atoms with Crippen molar-refractivity contribution in [3.8, 4) is 0 Å². The van der Waals surface area contributed by atoms with Crippen LogP contribution in [0.1, 0.15) is 30.3 Å². The molecule has 5 nitrogen and oxygen atoms in total. The predicted octanol–water partition coefficient (Wildman–Crippen LogP) is 2.23. The zero-order valence-corrected chi connectivity index (χ0v) is 16.8. The van der Waals surface area contributed by atoms with Crippen molar-refractivity contribution in [3.05, 3.63) is 63.6 Å². The Morgan fingerprint density at radius 1 is 1.18 bits per heavy atom. The van der Waals surface area contributed by atoms with Crippen molar-refractivity contribution in [3.63, 3.8) is 0 Å². The van der Waals surface area contributed by atoms with Crippen LogP contribution in [0, 0.1) is 5.82 Å². The Kier molecular flexibility index (Phi) is 6.26. The number of rotatable bonds is 7. The third kappa shape index (κ3) is 3.86. The van der Waals surface area contributed by atoms with Gasteiger partial charge >= 0.3 is 0 Å². The number of amides is 1. The van der Waals surface area contributed by atoms with E-state index in [1.54, 1.807) is 4.90 Å². The molecule has 28 heavy (non-hydrogen) atoms. The first-order chi connectivity index (χ1) is 13.5. The summed E-state index contributed by atoms with van der Waals surface area (Å²) in [5, 5.41) is 12.7. The summed E-state index contributed by atoms with van der Waals surface area (Å²) in [6.07, 6.45) is 0. The number of quaternary nitrogens is 1. The highest BCUT2D eigenvalue weighted by atomic mass is 32.1. The van der Waals surface area contributed by atoms with Gasteiger partial charge in [-0.05, 0) is 49.6 Å². The summed E-state index contributed by atoms with van der Waals surface area (Å²) in [7, 11) is 0. The summed E-state index contributed by atoms with van der Waals surface area (Å²) in [4.78, 5) is 29.3.